The summed E-state index contributed by atoms with van der Waals surface area (Å²) in [6, 6.07) is 20.4. The smallest absolute Gasteiger partial charge is 0.213 e. The fourth-order valence-electron chi connectivity index (χ4n) is 2.13. The zero-order valence-corrected chi connectivity index (χ0v) is 10.8. The van der Waals surface area contributed by atoms with E-state index in [4.69, 9.17) is 4.74 Å². The highest BCUT2D eigenvalue weighted by molar-refractivity contribution is 5.83. The lowest BCUT2D eigenvalue weighted by molar-refractivity contribution is 0.217. The van der Waals surface area contributed by atoms with E-state index < -0.39 is 0 Å². The lowest BCUT2D eigenvalue weighted by Crippen LogP contribution is -2.03. The lowest BCUT2D eigenvalue weighted by atomic mass is 10.0. The van der Waals surface area contributed by atoms with Gasteiger partial charge in [-0.15, -0.1) is 0 Å². The monoisotopic (exact) mass is 249 g/mol. The van der Waals surface area contributed by atoms with Crippen LogP contribution in [-0.4, -0.2) is 4.98 Å². The van der Waals surface area contributed by atoms with Gasteiger partial charge in [0.05, 0.1) is 0 Å². The van der Waals surface area contributed by atoms with Crippen LogP contribution in [0.15, 0.2) is 66.9 Å². The summed E-state index contributed by atoms with van der Waals surface area (Å²) in [6.07, 6.45) is 1.72. The van der Waals surface area contributed by atoms with E-state index in [2.05, 4.69) is 47.4 Å². The molecule has 94 valence electrons. The van der Waals surface area contributed by atoms with Gasteiger partial charge in [-0.1, -0.05) is 42.5 Å². The Hall–Kier alpha value is -2.35. The third kappa shape index (κ3) is 2.58. The van der Waals surface area contributed by atoms with Crippen LogP contribution < -0.4 is 4.74 Å². The minimum Gasteiger partial charge on any atom is -0.470 e. The van der Waals surface area contributed by atoms with Crippen LogP contribution >= 0.6 is 0 Å². The summed E-state index contributed by atoms with van der Waals surface area (Å²) in [5.41, 5.74) is 1.16. The van der Waals surface area contributed by atoms with Crippen LogP contribution in [0.4, 0.5) is 0 Å². The quantitative estimate of drug-likeness (QED) is 0.687. The Morgan fingerprint density at radius 1 is 0.895 bits per heavy atom. The second kappa shape index (κ2) is 5.11. The Labute approximate surface area is 112 Å². The Morgan fingerprint density at radius 3 is 2.47 bits per heavy atom. The zero-order chi connectivity index (χ0) is 13.1. The van der Waals surface area contributed by atoms with E-state index in [1.165, 1.54) is 10.8 Å². The molecular formula is C17H15NO. The molecule has 0 spiro atoms. The van der Waals surface area contributed by atoms with Crippen LogP contribution in [0.3, 0.4) is 0 Å². The minimum absolute atomic E-state index is 0.0143. The van der Waals surface area contributed by atoms with Gasteiger partial charge in [0.15, 0.2) is 0 Å². The van der Waals surface area contributed by atoms with Crippen molar-refractivity contribution in [3.8, 4) is 5.88 Å². The first kappa shape index (κ1) is 11.7. The molecule has 0 unspecified atom stereocenters. The largest absolute Gasteiger partial charge is 0.470 e. The minimum atomic E-state index is -0.0143. The molecule has 2 aromatic carbocycles. The number of rotatable bonds is 3. The molecule has 1 heterocycles. The average molecular weight is 249 g/mol. The van der Waals surface area contributed by atoms with E-state index in [1.807, 2.05) is 25.1 Å². The molecule has 0 fully saturated rings. The van der Waals surface area contributed by atoms with Gasteiger partial charge in [-0.2, -0.15) is 0 Å². The predicted molar refractivity (Wildman–Crippen MR) is 77.2 cm³/mol. The third-order valence-electron chi connectivity index (χ3n) is 3.18. The van der Waals surface area contributed by atoms with Crippen molar-refractivity contribution in [3.05, 3.63) is 72.4 Å². The van der Waals surface area contributed by atoms with Crippen molar-refractivity contribution < 1.29 is 4.74 Å². The fraction of sp³-hybridized carbons (Fsp3) is 0.118. The molecule has 3 rings (SSSR count). The maximum atomic E-state index is 5.84. The summed E-state index contributed by atoms with van der Waals surface area (Å²) in [5.74, 6) is 0.656. The molecule has 0 amide bonds. The number of pyridine rings is 1. The second-order valence-electron chi connectivity index (χ2n) is 4.53. The first-order valence-electron chi connectivity index (χ1n) is 6.39. The molecule has 0 bridgehead atoms. The highest BCUT2D eigenvalue weighted by Crippen LogP contribution is 2.23. The van der Waals surface area contributed by atoms with Crippen molar-refractivity contribution in [2.24, 2.45) is 0 Å². The molecule has 1 aromatic heterocycles. The number of benzene rings is 2. The van der Waals surface area contributed by atoms with Crippen LogP contribution in [0, 0.1) is 0 Å². The molecule has 0 saturated heterocycles. The van der Waals surface area contributed by atoms with Crippen molar-refractivity contribution in [1.29, 1.82) is 0 Å². The van der Waals surface area contributed by atoms with Gasteiger partial charge >= 0.3 is 0 Å². The molecule has 0 aliphatic rings. The van der Waals surface area contributed by atoms with Gasteiger partial charge in [-0.3, -0.25) is 0 Å². The number of nitrogens with zero attached hydrogens (tertiary/aromatic N) is 1. The molecule has 2 heteroatoms. The Balaban J connectivity index is 1.87. The first-order valence-corrected chi connectivity index (χ1v) is 6.39. The zero-order valence-electron chi connectivity index (χ0n) is 10.8. The van der Waals surface area contributed by atoms with E-state index >= 15 is 0 Å². The summed E-state index contributed by atoms with van der Waals surface area (Å²) in [7, 11) is 0. The second-order valence-corrected chi connectivity index (χ2v) is 4.53. The van der Waals surface area contributed by atoms with Gasteiger partial charge < -0.3 is 4.74 Å². The Morgan fingerprint density at radius 2 is 1.68 bits per heavy atom. The molecule has 1 atom stereocenters. The van der Waals surface area contributed by atoms with Crippen LogP contribution in [0.2, 0.25) is 0 Å². The van der Waals surface area contributed by atoms with Crippen molar-refractivity contribution >= 4 is 10.8 Å². The van der Waals surface area contributed by atoms with Crippen LogP contribution in [0.1, 0.15) is 18.6 Å². The average Bonchev–Trinajstić information content (AvgIpc) is 2.48. The number of hydrogen-bond donors (Lipinski definition) is 0. The molecule has 2 nitrogen and oxygen atoms in total. The number of fused-ring (bicyclic) bond motifs is 1. The standard InChI is InChI=1S/C17H15NO/c1-13(19-17-8-4-5-11-18-17)15-10-9-14-6-2-3-7-16(14)12-15/h2-13H,1H3/t13-/m0/s1. The Bertz CT molecular complexity index is 679. The van der Waals surface area contributed by atoms with E-state index in [0.29, 0.717) is 5.88 Å². The molecule has 3 aromatic rings. The molecule has 0 aliphatic carbocycles. The first-order chi connectivity index (χ1) is 9.33. The number of aromatic nitrogens is 1. The summed E-state index contributed by atoms with van der Waals surface area (Å²) < 4.78 is 5.84. The normalized spacial score (nSPS) is 12.3. The summed E-state index contributed by atoms with van der Waals surface area (Å²) in [6.45, 7) is 2.04. The molecule has 0 saturated carbocycles. The van der Waals surface area contributed by atoms with E-state index in [1.54, 1.807) is 6.20 Å². The van der Waals surface area contributed by atoms with Crippen molar-refractivity contribution in [1.82, 2.24) is 4.98 Å². The van der Waals surface area contributed by atoms with Crippen molar-refractivity contribution in [2.75, 3.05) is 0 Å². The fourth-order valence-corrected chi connectivity index (χ4v) is 2.13. The van der Waals surface area contributed by atoms with Gasteiger partial charge in [0.1, 0.15) is 6.10 Å². The Kier molecular flexibility index (Phi) is 3.15. The topological polar surface area (TPSA) is 22.1 Å². The van der Waals surface area contributed by atoms with Gasteiger partial charge in [0.2, 0.25) is 5.88 Å². The summed E-state index contributed by atoms with van der Waals surface area (Å²) >= 11 is 0. The maximum absolute atomic E-state index is 5.84. The predicted octanol–water partition coefficient (Wildman–Crippen LogP) is 4.37. The van der Waals surface area contributed by atoms with Gasteiger partial charge in [0, 0.05) is 12.3 Å². The van der Waals surface area contributed by atoms with Crippen molar-refractivity contribution in [3.63, 3.8) is 0 Å². The molecular weight excluding hydrogens is 234 g/mol. The van der Waals surface area contributed by atoms with Crippen LogP contribution in [-0.2, 0) is 0 Å². The third-order valence-corrected chi connectivity index (χ3v) is 3.18. The van der Waals surface area contributed by atoms with Crippen molar-refractivity contribution in [2.45, 2.75) is 13.0 Å². The lowest BCUT2D eigenvalue weighted by Gasteiger charge is -2.14. The molecule has 19 heavy (non-hydrogen) atoms. The molecule has 0 N–H and O–H groups in total. The van der Waals surface area contributed by atoms with Crippen LogP contribution in [0.25, 0.3) is 10.8 Å². The number of hydrogen-bond acceptors (Lipinski definition) is 2. The number of ether oxygens (including phenoxy) is 1. The van der Waals surface area contributed by atoms with E-state index in [-0.39, 0.29) is 6.10 Å². The van der Waals surface area contributed by atoms with Gasteiger partial charge in [-0.25, -0.2) is 4.98 Å². The highest BCUT2D eigenvalue weighted by atomic mass is 16.5. The van der Waals surface area contributed by atoms with Gasteiger partial charge in [-0.05, 0) is 35.4 Å². The molecule has 0 aliphatic heterocycles. The summed E-state index contributed by atoms with van der Waals surface area (Å²) in [4.78, 5) is 4.18. The summed E-state index contributed by atoms with van der Waals surface area (Å²) in [5, 5.41) is 2.48. The SMILES string of the molecule is C[C@H](Oc1ccccn1)c1ccc2ccccc2c1. The van der Waals surface area contributed by atoms with E-state index in [9.17, 15) is 0 Å². The van der Waals surface area contributed by atoms with Crippen LogP contribution in [0.5, 0.6) is 5.88 Å². The highest BCUT2D eigenvalue weighted by Gasteiger charge is 2.08. The van der Waals surface area contributed by atoms with Gasteiger partial charge in [0.25, 0.3) is 0 Å². The molecule has 0 radical (unpaired) electrons. The maximum Gasteiger partial charge on any atom is 0.213 e. The van der Waals surface area contributed by atoms with E-state index in [0.717, 1.165) is 5.56 Å².